The van der Waals surface area contributed by atoms with Crippen LogP contribution in [0.1, 0.15) is 39.2 Å². The summed E-state index contributed by atoms with van der Waals surface area (Å²) in [6.45, 7) is 6.36. The lowest BCUT2D eigenvalue weighted by Gasteiger charge is -2.42. The Labute approximate surface area is 223 Å². The lowest BCUT2D eigenvalue weighted by Crippen LogP contribution is -2.51. The van der Waals surface area contributed by atoms with Gasteiger partial charge in [0.25, 0.3) is 5.56 Å². The number of halogens is 2. The third-order valence-electron chi connectivity index (χ3n) is 6.37. The summed E-state index contributed by atoms with van der Waals surface area (Å²) in [7, 11) is 0. The first-order valence-electron chi connectivity index (χ1n) is 11.8. The van der Waals surface area contributed by atoms with Crippen molar-refractivity contribution >= 4 is 46.3 Å². The number of fused-ring (bicyclic) bond motifs is 1. The second-order valence-electron chi connectivity index (χ2n) is 10.3. The highest BCUT2D eigenvalue weighted by Crippen LogP contribution is 2.37. The normalized spacial score (nSPS) is 15.8. The molecule has 0 bridgehead atoms. The van der Waals surface area contributed by atoms with Crippen molar-refractivity contribution in [3.8, 4) is 0 Å². The van der Waals surface area contributed by atoms with Gasteiger partial charge in [-0.1, -0.05) is 29.3 Å². The molecule has 3 aromatic rings. The molecule has 11 nitrogen and oxygen atoms in total. The fraction of sp³-hybridized carbons (Fsp3) is 0.500. The Kier molecular flexibility index (Phi) is 7.70. The highest BCUT2D eigenvalue weighted by Gasteiger charge is 2.43. The fourth-order valence-corrected chi connectivity index (χ4v) is 4.62. The molecule has 0 spiro atoms. The number of aromatic nitrogens is 4. The van der Waals surface area contributed by atoms with Crippen LogP contribution in [0.2, 0.25) is 10.0 Å². The van der Waals surface area contributed by atoms with E-state index in [1.54, 1.807) is 37.8 Å². The first-order valence-corrected chi connectivity index (χ1v) is 12.6. The van der Waals surface area contributed by atoms with Gasteiger partial charge in [0.1, 0.15) is 11.1 Å². The van der Waals surface area contributed by atoms with Gasteiger partial charge in [-0.2, -0.15) is 5.10 Å². The molecule has 0 saturated carbocycles. The van der Waals surface area contributed by atoms with Crippen molar-refractivity contribution in [2.45, 2.75) is 58.6 Å². The first kappa shape index (κ1) is 27.2. The number of rotatable bonds is 6. The zero-order chi connectivity index (χ0) is 27.0. The van der Waals surface area contributed by atoms with E-state index in [1.165, 1.54) is 10.9 Å². The summed E-state index contributed by atoms with van der Waals surface area (Å²) in [5, 5.41) is 28.8. The fourth-order valence-electron chi connectivity index (χ4n) is 4.30. The maximum Gasteiger partial charge on any atom is 0.410 e. The van der Waals surface area contributed by atoms with E-state index in [0.717, 1.165) is 5.56 Å². The van der Waals surface area contributed by atoms with Crippen LogP contribution in [-0.4, -0.2) is 65.9 Å². The number of nitrogens with one attached hydrogen (secondary N) is 2. The molecule has 1 fully saturated rings. The number of aliphatic hydroxyl groups excluding tert-OH is 1. The number of aromatic amines is 1. The lowest BCUT2D eigenvalue weighted by atomic mass is 9.77. The maximum absolute atomic E-state index is 13.0. The van der Waals surface area contributed by atoms with Gasteiger partial charge < -0.3 is 25.2 Å². The van der Waals surface area contributed by atoms with Gasteiger partial charge in [0.05, 0.1) is 22.8 Å². The number of H-pyrrole nitrogens is 1. The van der Waals surface area contributed by atoms with Crippen molar-refractivity contribution in [1.82, 2.24) is 24.6 Å². The van der Waals surface area contributed by atoms with Crippen LogP contribution in [0, 0.1) is 5.41 Å². The number of nitrogens with zero attached hydrogens (tertiary/aromatic N) is 4. The predicted octanol–water partition coefficient (Wildman–Crippen LogP) is 3.37. The number of amides is 1. The van der Waals surface area contributed by atoms with Crippen molar-refractivity contribution in [1.29, 1.82) is 0 Å². The molecule has 1 aromatic carbocycles. The monoisotopic (exact) mass is 552 g/mol. The highest BCUT2D eigenvalue weighted by atomic mass is 35.5. The second-order valence-corrected chi connectivity index (χ2v) is 11.1. The largest absolute Gasteiger partial charge is 0.444 e. The zero-order valence-corrected chi connectivity index (χ0v) is 22.3. The maximum atomic E-state index is 13.0. The number of aliphatic hydroxyl groups is 2. The standard InChI is InChI=1S/C24H30Cl2N6O5/c1-23(2,3)37-22(36)31-8-6-24(7-9-31,20(34)35)13-32-18-17(12-28-32)29-21(30-19(18)33)27-11-14-4-5-15(25)16(26)10-14/h4-5,10,12,20,34-35H,6-9,11,13H2,1-3H3,(H2,27,29,30,33). The highest BCUT2D eigenvalue weighted by molar-refractivity contribution is 6.42. The van der Waals surface area contributed by atoms with E-state index >= 15 is 0 Å². The summed E-state index contributed by atoms with van der Waals surface area (Å²) >= 11 is 12.0. The van der Waals surface area contributed by atoms with Crippen LogP contribution in [0.15, 0.2) is 29.2 Å². The molecule has 0 unspecified atom stereocenters. The van der Waals surface area contributed by atoms with Gasteiger partial charge in [0, 0.05) is 25.0 Å². The molecule has 1 aliphatic rings. The molecule has 4 N–H and O–H groups in total. The van der Waals surface area contributed by atoms with Crippen LogP contribution in [-0.2, 0) is 17.8 Å². The minimum atomic E-state index is -1.67. The van der Waals surface area contributed by atoms with E-state index in [9.17, 15) is 19.8 Å². The van der Waals surface area contributed by atoms with E-state index < -0.39 is 29.0 Å². The Morgan fingerprint density at radius 1 is 1.24 bits per heavy atom. The van der Waals surface area contributed by atoms with Gasteiger partial charge in [-0.3, -0.25) is 14.5 Å². The van der Waals surface area contributed by atoms with Crippen LogP contribution in [0.4, 0.5) is 10.7 Å². The molecule has 4 rings (SSSR count). The predicted molar refractivity (Wildman–Crippen MR) is 140 cm³/mol. The molecule has 1 saturated heterocycles. The molecule has 3 heterocycles. The van der Waals surface area contributed by atoms with Gasteiger partial charge in [-0.25, -0.2) is 9.78 Å². The molecule has 0 aliphatic carbocycles. The van der Waals surface area contributed by atoms with Gasteiger partial charge in [0.2, 0.25) is 5.95 Å². The molecule has 37 heavy (non-hydrogen) atoms. The number of hydrogen-bond donors (Lipinski definition) is 4. The molecule has 0 radical (unpaired) electrons. The van der Waals surface area contributed by atoms with Crippen LogP contribution >= 0.6 is 23.2 Å². The Morgan fingerprint density at radius 2 is 1.95 bits per heavy atom. The van der Waals surface area contributed by atoms with Crippen LogP contribution in [0.5, 0.6) is 0 Å². The number of carbonyl (C=O) groups excluding carboxylic acids is 1. The van der Waals surface area contributed by atoms with Crippen molar-refractivity contribution in [3.05, 3.63) is 50.4 Å². The molecular weight excluding hydrogens is 523 g/mol. The molecule has 2 aromatic heterocycles. The number of ether oxygens (including phenoxy) is 1. The summed E-state index contributed by atoms with van der Waals surface area (Å²) in [5.41, 5.74) is -0.629. The Balaban J connectivity index is 1.49. The van der Waals surface area contributed by atoms with Gasteiger partial charge >= 0.3 is 6.09 Å². The third-order valence-corrected chi connectivity index (χ3v) is 7.11. The quantitative estimate of drug-likeness (QED) is 0.340. The molecular formula is C24H30Cl2N6O5. The van der Waals surface area contributed by atoms with E-state index in [1.807, 2.05) is 6.07 Å². The molecule has 1 amide bonds. The summed E-state index contributed by atoms with van der Waals surface area (Å²) < 4.78 is 6.86. The van der Waals surface area contributed by atoms with E-state index in [4.69, 9.17) is 27.9 Å². The van der Waals surface area contributed by atoms with Crippen molar-refractivity contribution in [2.24, 2.45) is 5.41 Å². The van der Waals surface area contributed by atoms with Crippen LogP contribution < -0.4 is 10.9 Å². The minimum absolute atomic E-state index is 0.0666. The number of likely N-dealkylation sites (tertiary alicyclic amines) is 1. The first-order chi connectivity index (χ1) is 17.4. The van der Waals surface area contributed by atoms with Gasteiger partial charge in [0.15, 0.2) is 11.8 Å². The second kappa shape index (κ2) is 10.5. The van der Waals surface area contributed by atoms with Gasteiger partial charge in [-0.15, -0.1) is 0 Å². The number of piperidine rings is 1. The van der Waals surface area contributed by atoms with Crippen molar-refractivity contribution in [3.63, 3.8) is 0 Å². The van der Waals surface area contributed by atoms with Crippen molar-refractivity contribution in [2.75, 3.05) is 18.4 Å². The Bertz CT molecular complexity index is 1340. The molecule has 1 aliphatic heterocycles. The number of anilines is 1. The number of hydrogen-bond acceptors (Lipinski definition) is 8. The van der Waals surface area contributed by atoms with Crippen LogP contribution in [0.3, 0.4) is 0 Å². The number of benzene rings is 1. The Hall–Kier alpha value is -2.86. The molecule has 0 atom stereocenters. The van der Waals surface area contributed by atoms with E-state index in [2.05, 4.69) is 20.4 Å². The summed E-state index contributed by atoms with van der Waals surface area (Å²) in [6.07, 6.45) is -0.0755. The van der Waals surface area contributed by atoms with E-state index in [0.29, 0.717) is 34.9 Å². The molecule has 200 valence electrons. The summed E-state index contributed by atoms with van der Waals surface area (Å²) in [5.74, 6) is 0.255. The Morgan fingerprint density at radius 3 is 2.57 bits per heavy atom. The van der Waals surface area contributed by atoms with Crippen molar-refractivity contribution < 1.29 is 19.7 Å². The lowest BCUT2D eigenvalue weighted by molar-refractivity contribution is -0.160. The van der Waals surface area contributed by atoms with E-state index in [-0.39, 0.29) is 31.1 Å². The summed E-state index contributed by atoms with van der Waals surface area (Å²) in [6, 6.07) is 5.22. The average molecular weight is 553 g/mol. The zero-order valence-electron chi connectivity index (χ0n) is 20.8. The average Bonchev–Trinajstić information content (AvgIpc) is 3.22. The topological polar surface area (TPSA) is 146 Å². The van der Waals surface area contributed by atoms with Crippen LogP contribution in [0.25, 0.3) is 11.0 Å². The minimum Gasteiger partial charge on any atom is -0.444 e. The number of carbonyl (C=O) groups is 1. The molecule has 13 heteroatoms. The smallest absolute Gasteiger partial charge is 0.410 e. The summed E-state index contributed by atoms with van der Waals surface area (Å²) in [4.78, 5) is 34.1. The third kappa shape index (κ3) is 6.18. The van der Waals surface area contributed by atoms with Gasteiger partial charge in [-0.05, 0) is 51.3 Å². The SMILES string of the molecule is CC(C)(C)OC(=O)N1CCC(Cn2ncc3nc(NCc4ccc(Cl)c(Cl)c4)[nH]c(=O)c32)(C(O)O)CC1.